The van der Waals surface area contributed by atoms with Crippen LogP contribution in [0.25, 0.3) is 0 Å². The van der Waals surface area contributed by atoms with Crippen molar-refractivity contribution in [1.82, 2.24) is 0 Å². The number of hydrogen-bond donors (Lipinski definition) is 3. The topological polar surface area (TPSA) is 92.4 Å². The minimum absolute atomic E-state index is 0.133. The summed E-state index contributed by atoms with van der Waals surface area (Å²) < 4.78 is 0.649. The molecule has 5 nitrogen and oxygen atoms in total. The van der Waals surface area contributed by atoms with Crippen molar-refractivity contribution in [3.8, 4) is 0 Å². The second kappa shape index (κ2) is 6.58. The van der Waals surface area contributed by atoms with Gasteiger partial charge in [0, 0.05) is 16.4 Å². The molecule has 0 aromatic heterocycles. The van der Waals surface area contributed by atoms with Crippen LogP contribution in [0.5, 0.6) is 0 Å². The first-order valence-corrected chi connectivity index (χ1v) is 7.80. The van der Waals surface area contributed by atoms with Gasteiger partial charge in [0.15, 0.2) is 0 Å². The number of carboxylic acids is 1. The Hall–Kier alpha value is -1.40. The number of benzene rings is 1. The van der Waals surface area contributed by atoms with E-state index in [9.17, 15) is 9.59 Å². The zero-order valence-electron chi connectivity index (χ0n) is 11.7. The molecule has 1 aromatic rings. The predicted molar refractivity (Wildman–Crippen MR) is 84.4 cm³/mol. The smallest absolute Gasteiger partial charge is 0.335 e. The van der Waals surface area contributed by atoms with Crippen molar-refractivity contribution in [1.29, 1.82) is 0 Å². The lowest BCUT2D eigenvalue weighted by Crippen LogP contribution is -2.44. The maximum absolute atomic E-state index is 12.2. The molecule has 114 valence electrons. The van der Waals surface area contributed by atoms with Gasteiger partial charge in [-0.1, -0.05) is 19.3 Å². The molecule has 4 N–H and O–H groups in total. The maximum atomic E-state index is 12.2. The van der Waals surface area contributed by atoms with Crippen LogP contribution >= 0.6 is 15.9 Å². The molecule has 0 unspecified atom stereocenters. The Bertz CT molecular complexity index is 554. The standard InChI is InChI=1S/C15H19BrN2O3/c16-11-5-4-10(14(20)21)8-12(11)18-13(19)9-15(17)6-2-1-3-7-15/h4-5,8H,1-3,6-7,9,17H2,(H,18,19)(H,20,21). The first-order valence-electron chi connectivity index (χ1n) is 7.01. The molecule has 1 fully saturated rings. The number of rotatable bonds is 4. The van der Waals surface area contributed by atoms with Gasteiger partial charge in [-0.25, -0.2) is 4.79 Å². The molecule has 0 saturated heterocycles. The molecular formula is C15H19BrN2O3. The summed E-state index contributed by atoms with van der Waals surface area (Å²) in [5, 5.41) is 11.7. The largest absolute Gasteiger partial charge is 0.478 e. The van der Waals surface area contributed by atoms with E-state index < -0.39 is 11.5 Å². The average Bonchev–Trinajstić information content (AvgIpc) is 2.41. The Morgan fingerprint density at radius 1 is 1.29 bits per heavy atom. The summed E-state index contributed by atoms with van der Waals surface area (Å²) in [6, 6.07) is 4.53. The number of amides is 1. The van der Waals surface area contributed by atoms with E-state index in [-0.39, 0.29) is 17.9 Å². The molecule has 0 heterocycles. The van der Waals surface area contributed by atoms with Crippen LogP contribution in [0, 0.1) is 0 Å². The van der Waals surface area contributed by atoms with Crippen molar-refractivity contribution >= 4 is 33.5 Å². The Balaban J connectivity index is 2.05. The molecule has 6 heteroatoms. The SMILES string of the molecule is NC1(CC(=O)Nc2cc(C(=O)O)ccc2Br)CCCCC1. The van der Waals surface area contributed by atoms with Crippen molar-refractivity contribution < 1.29 is 14.7 Å². The first-order chi connectivity index (χ1) is 9.89. The van der Waals surface area contributed by atoms with Crippen LogP contribution in [0.3, 0.4) is 0 Å². The van der Waals surface area contributed by atoms with Crippen LogP contribution in [0.15, 0.2) is 22.7 Å². The Morgan fingerprint density at radius 3 is 2.57 bits per heavy atom. The van der Waals surface area contributed by atoms with Gasteiger partial charge in [0.25, 0.3) is 0 Å². The molecule has 1 aliphatic rings. The molecular weight excluding hydrogens is 336 g/mol. The summed E-state index contributed by atoms with van der Waals surface area (Å²) in [7, 11) is 0. The fourth-order valence-corrected chi connectivity index (χ4v) is 3.05. The summed E-state index contributed by atoms with van der Waals surface area (Å²) >= 11 is 3.31. The summed E-state index contributed by atoms with van der Waals surface area (Å²) in [6.07, 6.45) is 5.26. The van der Waals surface area contributed by atoms with E-state index in [1.807, 2.05) is 0 Å². The molecule has 0 spiro atoms. The molecule has 1 saturated carbocycles. The van der Waals surface area contributed by atoms with Gasteiger partial charge in [-0.05, 0) is 47.0 Å². The lowest BCUT2D eigenvalue weighted by atomic mass is 9.80. The summed E-state index contributed by atoms with van der Waals surface area (Å²) in [6.45, 7) is 0. The normalized spacial score (nSPS) is 17.2. The fraction of sp³-hybridized carbons (Fsp3) is 0.467. The molecule has 0 bridgehead atoms. The van der Waals surface area contributed by atoms with Crippen molar-refractivity contribution in [3.05, 3.63) is 28.2 Å². The fourth-order valence-electron chi connectivity index (χ4n) is 2.70. The maximum Gasteiger partial charge on any atom is 0.335 e. The molecule has 0 atom stereocenters. The van der Waals surface area contributed by atoms with Gasteiger partial charge in [0.2, 0.25) is 5.91 Å². The van der Waals surface area contributed by atoms with E-state index in [1.54, 1.807) is 6.07 Å². The van der Waals surface area contributed by atoms with E-state index in [2.05, 4.69) is 21.2 Å². The lowest BCUT2D eigenvalue weighted by Gasteiger charge is -2.32. The number of carbonyl (C=O) groups is 2. The van der Waals surface area contributed by atoms with Gasteiger partial charge in [0.05, 0.1) is 11.3 Å². The van der Waals surface area contributed by atoms with E-state index in [0.29, 0.717) is 10.2 Å². The van der Waals surface area contributed by atoms with Gasteiger partial charge >= 0.3 is 5.97 Å². The number of carbonyl (C=O) groups excluding carboxylic acids is 1. The third-order valence-corrected chi connectivity index (χ3v) is 4.54. The number of anilines is 1. The highest BCUT2D eigenvalue weighted by atomic mass is 79.9. The lowest BCUT2D eigenvalue weighted by molar-refractivity contribution is -0.117. The van der Waals surface area contributed by atoms with E-state index in [4.69, 9.17) is 10.8 Å². The highest BCUT2D eigenvalue weighted by Gasteiger charge is 2.30. The van der Waals surface area contributed by atoms with Crippen LogP contribution in [-0.4, -0.2) is 22.5 Å². The van der Waals surface area contributed by atoms with Gasteiger partial charge < -0.3 is 16.2 Å². The Kier molecular flexibility index (Phi) is 5.00. The average molecular weight is 355 g/mol. The van der Waals surface area contributed by atoms with Crippen LogP contribution < -0.4 is 11.1 Å². The first kappa shape index (κ1) is 16.0. The zero-order chi connectivity index (χ0) is 15.5. The minimum atomic E-state index is -1.03. The van der Waals surface area contributed by atoms with Crippen LogP contribution in [-0.2, 0) is 4.79 Å². The second-order valence-electron chi connectivity index (χ2n) is 5.65. The van der Waals surface area contributed by atoms with E-state index >= 15 is 0 Å². The molecule has 1 aromatic carbocycles. The number of nitrogens with one attached hydrogen (secondary N) is 1. The molecule has 0 radical (unpaired) electrons. The predicted octanol–water partition coefficient (Wildman–Crippen LogP) is 3.14. The number of aromatic carboxylic acids is 1. The minimum Gasteiger partial charge on any atom is -0.478 e. The zero-order valence-corrected chi connectivity index (χ0v) is 13.3. The highest BCUT2D eigenvalue weighted by Crippen LogP contribution is 2.30. The van der Waals surface area contributed by atoms with Crippen LogP contribution in [0.2, 0.25) is 0 Å². The molecule has 0 aliphatic heterocycles. The van der Waals surface area contributed by atoms with Crippen LogP contribution in [0.1, 0.15) is 48.9 Å². The Morgan fingerprint density at radius 2 is 1.95 bits per heavy atom. The molecule has 2 rings (SSSR count). The van der Waals surface area contributed by atoms with Gasteiger partial charge in [0.1, 0.15) is 0 Å². The van der Waals surface area contributed by atoms with Crippen molar-refractivity contribution in [2.45, 2.75) is 44.1 Å². The van der Waals surface area contributed by atoms with Crippen LogP contribution in [0.4, 0.5) is 5.69 Å². The summed E-state index contributed by atoms with van der Waals surface area (Å²) in [5.74, 6) is -1.21. The number of carboxylic acid groups (broad SMARTS) is 1. The number of hydrogen-bond acceptors (Lipinski definition) is 3. The van der Waals surface area contributed by atoms with Gasteiger partial charge in [-0.3, -0.25) is 4.79 Å². The monoisotopic (exact) mass is 354 g/mol. The van der Waals surface area contributed by atoms with E-state index in [1.165, 1.54) is 18.6 Å². The highest BCUT2D eigenvalue weighted by molar-refractivity contribution is 9.10. The van der Waals surface area contributed by atoms with Crippen molar-refractivity contribution in [3.63, 3.8) is 0 Å². The second-order valence-corrected chi connectivity index (χ2v) is 6.50. The Labute approximate surface area is 132 Å². The van der Waals surface area contributed by atoms with Gasteiger partial charge in [-0.15, -0.1) is 0 Å². The summed E-state index contributed by atoms with van der Waals surface area (Å²) in [5.41, 5.74) is 6.42. The molecule has 1 amide bonds. The third kappa shape index (κ3) is 4.28. The van der Waals surface area contributed by atoms with Crippen molar-refractivity contribution in [2.24, 2.45) is 5.73 Å². The number of nitrogens with two attached hydrogens (primary N) is 1. The molecule has 1 aliphatic carbocycles. The quantitative estimate of drug-likeness (QED) is 0.774. The van der Waals surface area contributed by atoms with Gasteiger partial charge in [-0.2, -0.15) is 0 Å². The summed E-state index contributed by atoms with van der Waals surface area (Å²) in [4.78, 5) is 23.1. The molecule has 21 heavy (non-hydrogen) atoms. The van der Waals surface area contributed by atoms with E-state index in [0.717, 1.165) is 25.7 Å². The third-order valence-electron chi connectivity index (χ3n) is 3.85. The number of halogens is 1. The van der Waals surface area contributed by atoms with Crippen molar-refractivity contribution in [2.75, 3.05) is 5.32 Å².